The van der Waals surface area contributed by atoms with Crippen LogP contribution in [0.25, 0.3) is 0 Å². The molecule has 1 N–H and O–H groups in total. The second-order valence-corrected chi connectivity index (χ2v) is 8.22. The van der Waals surface area contributed by atoms with E-state index in [-0.39, 0.29) is 44.3 Å². The van der Waals surface area contributed by atoms with Crippen molar-refractivity contribution in [1.82, 2.24) is 0 Å². The van der Waals surface area contributed by atoms with Crippen molar-refractivity contribution in [3.8, 4) is 0 Å². The van der Waals surface area contributed by atoms with Crippen molar-refractivity contribution in [1.29, 1.82) is 0 Å². The van der Waals surface area contributed by atoms with Gasteiger partial charge in [-0.1, -0.05) is 36.4 Å². The van der Waals surface area contributed by atoms with Crippen LogP contribution in [0.15, 0.2) is 78.9 Å². The summed E-state index contributed by atoms with van der Waals surface area (Å²) in [6.45, 7) is 1.77. The van der Waals surface area contributed by atoms with Gasteiger partial charge in [-0.15, -0.1) is 0 Å². The maximum atomic E-state index is 13.0. The summed E-state index contributed by atoms with van der Waals surface area (Å²) in [5.41, 5.74) is 0.371. The van der Waals surface area contributed by atoms with Gasteiger partial charge < -0.3 is 29.0 Å². The molecule has 0 atom stereocenters. The largest absolute Gasteiger partial charge is 0.460 e. The highest BCUT2D eigenvalue weighted by molar-refractivity contribution is 5.96. The summed E-state index contributed by atoms with van der Waals surface area (Å²) in [5.74, 6) is -1.04. The van der Waals surface area contributed by atoms with E-state index in [9.17, 15) is 22.8 Å². The van der Waals surface area contributed by atoms with Gasteiger partial charge in [0.25, 0.3) is 0 Å². The average molecular weight is 562 g/mol. The van der Waals surface area contributed by atoms with Gasteiger partial charge in [-0.25, -0.2) is 9.59 Å². The minimum absolute atomic E-state index is 0.0124. The molecule has 0 unspecified atom stereocenters. The lowest BCUT2D eigenvalue weighted by atomic mass is 10.1. The summed E-state index contributed by atoms with van der Waals surface area (Å²) in [5, 5.41) is 2.84. The predicted molar refractivity (Wildman–Crippen MR) is 141 cm³/mol. The molecule has 0 aliphatic rings. The standard InChI is InChI=1S/C29H30F3NO7/c30-29(31,32)23-9-6-10-24(21-23)33-26-12-5-4-11-25(26)28(35)40-20-18-38-16-14-36-13-15-37-17-19-39-27(34)22-7-2-1-3-8-22/h1-12,21,33H,13-20H2. The van der Waals surface area contributed by atoms with Crippen LogP contribution in [0.3, 0.4) is 0 Å². The number of rotatable bonds is 16. The number of hydrogen-bond acceptors (Lipinski definition) is 8. The second kappa shape index (κ2) is 16.2. The Morgan fingerprint density at radius 2 is 1.18 bits per heavy atom. The Morgan fingerprint density at radius 3 is 1.80 bits per heavy atom. The smallest absolute Gasteiger partial charge is 0.416 e. The number of ether oxygens (including phenoxy) is 5. The van der Waals surface area contributed by atoms with Crippen LogP contribution in [0.1, 0.15) is 26.3 Å². The third kappa shape index (κ3) is 10.7. The van der Waals surface area contributed by atoms with Gasteiger partial charge in [-0.3, -0.25) is 0 Å². The summed E-state index contributed by atoms with van der Waals surface area (Å²) < 4.78 is 65.4. The van der Waals surface area contributed by atoms with Gasteiger partial charge in [-0.05, 0) is 42.5 Å². The van der Waals surface area contributed by atoms with Gasteiger partial charge in [-0.2, -0.15) is 13.2 Å². The highest BCUT2D eigenvalue weighted by Gasteiger charge is 2.30. The van der Waals surface area contributed by atoms with Crippen LogP contribution in [-0.2, 0) is 29.9 Å². The van der Waals surface area contributed by atoms with Gasteiger partial charge in [0, 0.05) is 5.69 Å². The molecule has 3 rings (SSSR count). The number of hydrogen-bond donors (Lipinski definition) is 1. The van der Waals surface area contributed by atoms with Crippen molar-refractivity contribution >= 4 is 23.3 Å². The molecule has 0 aliphatic carbocycles. The number of anilines is 2. The first-order valence-electron chi connectivity index (χ1n) is 12.5. The molecule has 0 saturated heterocycles. The topological polar surface area (TPSA) is 92.3 Å². The lowest BCUT2D eigenvalue weighted by Gasteiger charge is -2.13. The highest BCUT2D eigenvalue weighted by atomic mass is 19.4. The predicted octanol–water partition coefficient (Wildman–Crippen LogP) is 5.51. The van der Waals surface area contributed by atoms with E-state index in [1.54, 1.807) is 42.5 Å². The normalized spacial score (nSPS) is 11.2. The average Bonchev–Trinajstić information content (AvgIpc) is 2.95. The highest BCUT2D eigenvalue weighted by Crippen LogP contribution is 2.32. The van der Waals surface area contributed by atoms with Gasteiger partial charge in [0.15, 0.2) is 0 Å². The van der Waals surface area contributed by atoms with Crippen LogP contribution >= 0.6 is 0 Å². The lowest BCUT2D eigenvalue weighted by molar-refractivity contribution is -0.137. The summed E-state index contributed by atoms with van der Waals surface area (Å²) in [6.07, 6.45) is -4.48. The molecule has 40 heavy (non-hydrogen) atoms. The van der Waals surface area contributed by atoms with Crippen molar-refractivity contribution < 1.29 is 46.4 Å². The van der Waals surface area contributed by atoms with E-state index < -0.39 is 23.7 Å². The van der Waals surface area contributed by atoms with Crippen molar-refractivity contribution in [3.05, 3.63) is 95.6 Å². The van der Waals surface area contributed by atoms with Crippen LogP contribution in [-0.4, -0.2) is 64.8 Å². The van der Waals surface area contributed by atoms with Crippen molar-refractivity contribution in [3.63, 3.8) is 0 Å². The fourth-order valence-electron chi connectivity index (χ4n) is 3.36. The maximum Gasteiger partial charge on any atom is 0.416 e. The number of benzene rings is 3. The fourth-order valence-corrected chi connectivity index (χ4v) is 3.36. The van der Waals surface area contributed by atoms with Gasteiger partial charge >= 0.3 is 18.1 Å². The second-order valence-electron chi connectivity index (χ2n) is 8.22. The molecule has 11 heteroatoms. The maximum absolute atomic E-state index is 13.0. The number of carbonyl (C=O) groups is 2. The van der Waals surface area contributed by atoms with Crippen LogP contribution in [0.4, 0.5) is 24.5 Å². The number of carbonyl (C=O) groups excluding carboxylic acids is 2. The molecule has 0 radical (unpaired) electrons. The number of esters is 2. The Hall–Kier alpha value is -3.93. The zero-order valence-electron chi connectivity index (χ0n) is 21.7. The van der Waals surface area contributed by atoms with Crippen LogP contribution < -0.4 is 5.32 Å². The van der Waals surface area contributed by atoms with E-state index >= 15 is 0 Å². The molecule has 0 spiro atoms. The monoisotopic (exact) mass is 561 g/mol. The molecule has 3 aromatic rings. The number of nitrogens with one attached hydrogen (secondary N) is 1. The van der Waals surface area contributed by atoms with E-state index in [1.807, 2.05) is 6.07 Å². The molecule has 0 aromatic heterocycles. The number of halogens is 3. The third-order valence-corrected chi connectivity index (χ3v) is 5.29. The van der Waals surface area contributed by atoms with Gasteiger partial charge in [0.1, 0.15) is 13.2 Å². The molecule has 214 valence electrons. The molecule has 3 aromatic carbocycles. The molecular weight excluding hydrogens is 531 g/mol. The molecule has 0 aliphatic heterocycles. The van der Waals surface area contributed by atoms with E-state index in [0.717, 1.165) is 12.1 Å². The summed E-state index contributed by atoms with van der Waals surface area (Å²) in [6, 6.07) is 19.8. The minimum atomic E-state index is -4.48. The van der Waals surface area contributed by atoms with Crippen molar-refractivity contribution in [2.75, 3.05) is 58.2 Å². The van der Waals surface area contributed by atoms with E-state index in [4.69, 9.17) is 23.7 Å². The molecule has 0 saturated carbocycles. The summed E-state index contributed by atoms with van der Waals surface area (Å²) in [7, 11) is 0. The zero-order valence-corrected chi connectivity index (χ0v) is 21.7. The zero-order chi connectivity index (χ0) is 28.6. The van der Waals surface area contributed by atoms with Crippen LogP contribution in [0, 0.1) is 0 Å². The molecule has 0 heterocycles. The van der Waals surface area contributed by atoms with Crippen molar-refractivity contribution in [2.45, 2.75) is 6.18 Å². The molecule has 0 amide bonds. The Bertz CT molecular complexity index is 1210. The Balaban J connectivity index is 1.24. The summed E-state index contributed by atoms with van der Waals surface area (Å²) >= 11 is 0. The molecular formula is C29H30F3NO7. The summed E-state index contributed by atoms with van der Waals surface area (Å²) in [4.78, 5) is 24.3. The number of alkyl halides is 3. The first-order chi connectivity index (χ1) is 19.3. The Kier molecular flexibility index (Phi) is 12.4. The van der Waals surface area contributed by atoms with Crippen molar-refractivity contribution in [2.24, 2.45) is 0 Å². The van der Waals surface area contributed by atoms with Crippen LogP contribution in [0.2, 0.25) is 0 Å². The van der Waals surface area contributed by atoms with E-state index in [2.05, 4.69) is 5.32 Å². The van der Waals surface area contributed by atoms with E-state index in [1.165, 1.54) is 18.2 Å². The first-order valence-corrected chi connectivity index (χ1v) is 12.5. The molecule has 8 nitrogen and oxygen atoms in total. The quantitative estimate of drug-likeness (QED) is 0.181. The minimum Gasteiger partial charge on any atom is -0.460 e. The van der Waals surface area contributed by atoms with Crippen LogP contribution in [0.5, 0.6) is 0 Å². The third-order valence-electron chi connectivity index (χ3n) is 5.29. The fraction of sp³-hybridized carbons (Fsp3) is 0.310. The SMILES string of the molecule is O=C(OCCOCCOCCOCCOC(=O)c1ccccc1Nc1cccc(C(F)(F)F)c1)c1ccccc1. The first kappa shape index (κ1) is 30.6. The molecule has 0 fully saturated rings. The lowest BCUT2D eigenvalue weighted by Crippen LogP contribution is -2.15. The molecule has 0 bridgehead atoms. The number of para-hydroxylation sites is 1. The Labute approximate surface area is 229 Å². The van der Waals surface area contributed by atoms with E-state index in [0.29, 0.717) is 31.1 Å². The van der Waals surface area contributed by atoms with Gasteiger partial charge in [0.05, 0.1) is 62.0 Å². The van der Waals surface area contributed by atoms with Gasteiger partial charge in [0.2, 0.25) is 0 Å². The Morgan fingerprint density at radius 1 is 0.625 bits per heavy atom.